The van der Waals surface area contributed by atoms with Crippen LogP contribution in [-0.2, 0) is 6.54 Å². The summed E-state index contributed by atoms with van der Waals surface area (Å²) in [6.07, 6.45) is 3.24. The van der Waals surface area contributed by atoms with Crippen molar-refractivity contribution in [2.45, 2.75) is 52.2 Å². The van der Waals surface area contributed by atoms with Crippen molar-refractivity contribution in [2.24, 2.45) is 0 Å². The van der Waals surface area contributed by atoms with E-state index in [-0.39, 0.29) is 5.54 Å². The smallest absolute Gasteiger partial charge is 0.0765 e. The minimum atomic E-state index is 0.221. The summed E-state index contributed by atoms with van der Waals surface area (Å²) in [6, 6.07) is 2.65. The SMILES string of the molecule is CCC(C)n1ccc(CN2CCNCC2(C)C)n1. The van der Waals surface area contributed by atoms with Crippen molar-refractivity contribution in [3.8, 4) is 0 Å². The predicted octanol–water partition coefficient (Wildman–Crippen LogP) is 2.04. The summed E-state index contributed by atoms with van der Waals surface area (Å²) in [4.78, 5) is 2.52. The van der Waals surface area contributed by atoms with Gasteiger partial charge in [0.05, 0.1) is 5.69 Å². The molecule has 1 atom stereocenters. The maximum atomic E-state index is 4.70. The van der Waals surface area contributed by atoms with Crippen LogP contribution >= 0.6 is 0 Å². The molecule has 18 heavy (non-hydrogen) atoms. The van der Waals surface area contributed by atoms with Gasteiger partial charge in [-0.05, 0) is 33.3 Å². The Bertz CT molecular complexity index is 383. The molecule has 1 aliphatic heterocycles. The van der Waals surface area contributed by atoms with E-state index in [9.17, 15) is 0 Å². The monoisotopic (exact) mass is 250 g/mol. The Morgan fingerprint density at radius 2 is 2.28 bits per heavy atom. The maximum absolute atomic E-state index is 4.70. The second-order valence-electron chi connectivity index (χ2n) is 5.96. The fourth-order valence-corrected chi connectivity index (χ4v) is 2.41. The topological polar surface area (TPSA) is 33.1 Å². The molecule has 1 aliphatic rings. The molecule has 0 amide bonds. The summed E-state index contributed by atoms with van der Waals surface area (Å²) in [5.41, 5.74) is 1.41. The lowest BCUT2D eigenvalue weighted by molar-refractivity contribution is 0.0811. The highest BCUT2D eigenvalue weighted by Crippen LogP contribution is 2.19. The Morgan fingerprint density at radius 3 is 2.94 bits per heavy atom. The Morgan fingerprint density at radius 1 is 1.50 bits per heavy atom. The standard InChI is InChI=1S/C14H26N4/c1-5-12(2)18-8-6-13(16-18)10-17-9-7-15-11-14(17,3)4/h6,8,12,15H,5,7,9-11H2,1-4H3. The summed E-state index contributed by atoms with van der Waals surface area (Å²) in [6.45, 7) is 13.2. The van der Waals surface area contributed by atoms with Gasteiger partial charge in [-0.2, -0.15) is 5.10 Å². The average molecular weight is 250 g/mol. The lowest BCUT2D eigenvalue weighted by Crippen LogP contribution is -2.57. The number of piperazine rings is 1. The van der Waals surface area contributed by atoms with Crippen LogP contribution in [0.25, 0.3) is 0 Å². The number of rotatable bonds is 4. The van der Waals surface area contributed by atoms with Crippen molar-refractivity contribution in [3.63, 3.8) is 0 Å². The van der Waals surface area contributed by atoms with Crippen LogP contribution in [0.15, 0.2) is 12.3 Å². The van der Waals surface area contributed by atoms with E-state index < -0.39 is 0 Å². The zero-order valence-corrected chi connectivity index (χ0v) is 12.1. The van der Waals surface area contributed by atoms with Gasteiger partial charge in [0, 0.05) is 44.0 Å². The highest BCUT2D eigenvalue weighted by molar-refractivity contribution is 5.02. The van der Waals surface area contributed by atoms with Crippen LogP contribution in [-0.4, -0.2) is 39.9 Å². The minimum Gasteiger partial charge on any atom is -0.314 e. The Labute approximate surface area is 110 Å². The average Bonchev–Trinajstić information content (AvgIpc) is 2.79. The normalized spacial score (nSPS) is 22.0. The Balaban J connectivity index is 2.02. The van der Waals surface area contributed by atoms with Crippen LogP contribution in [0.1, 0.15) is 45.9 Å². The van der Waals surface area contributed by atoms with Crippen LogP contribution in [0.4, 0.5) is 0 Å². The summed E-state index contributed by atoms with van der Waals surface area (Å²) >= 11 is 0. The lowest BCUT2D eigenvalue weighted by Gasteiger charge is -2.42. The minimum absolute atomic E-state index is 0.221. The fraction of sp³-hybridized carbons (Fsp3) is 0.786. The largest absolute Gasteiger partial charge is 0.314 e. The van der Waals surface area contributed by atoms with E-state index in [1.807, 2.05) is 0 Å². The zero-order chi connectivity index (χ0) is 13.2. The molecule has 2 heterocycles. The number of hydrogen-bond acceptors (Lipinski definition) is 3. The van der Waals surface area contributed by atoms with Crippen molar-refractivity contribution >= 4 is 0 Å². The molecular weight excluding hydrogens is 224 g/mol. The van der Waals surface area contributed by atoms with Gasteiger partial charge in [-0.15, -0.1) is 0 Å². The fourth-order valence-electron chi connectivity index (χ4n) is 2.41. The van der Waals surface area contributed by atoms with Crippen LogP contribution in [0.2, 0.25) is 0 Å². The van der Waals surface area contributed by atoms with Crippen molar-refractivity contribution < 1.29 is 0 Å². The van der Waals surface area contributed by atoms with Crippen LogP contribution < -0.4 is 5.32 Å². The van der Waals surface area contributed by atoms with Gasteiger partial charge in [0.25, 0.3) is 0 Å². The summed E-state index contributed by atoms with van der Waals surface area (Å²) in [7, 11) is 0. The molecule has 1 aromatic heterocycles. The molecule has 2 rings (SSSR count). The van der Waals surface area contributed by atoms with Crippen molar-refractivity contribution in [3.05, 3.63) is 18.0 Å². The molecule has 0 bridgehead atoms. The summed E-state index contributed by atoms with van der Waals surface area (Å²) in [5, 5.41) is 8.15. The van der Waals surface area contributed by atoms with Crippen molar-refractivity contribution in [2.75, 3.05) is 19.6 Å². The van der Waals surface area contributed by atoms with Crippen molar-refractivity contribution in [1.29, 1.82) is 0 Å². The first-order chi connectivity index (χ1) is 8.53. The van der Waals surface area contributed by atoms with Crippen molar-refractivity contribution in [1.82, 2.24) is 20.0 Å². The zero-order valence-electron chi connectivity index (χ0n) is 12.1. The third-order valence-corrected chi connectivity index (χ3v) is 4.03. The highest BCUT2D eigenvalue weighted by Gasteiger charge is 2.29. The summed E-state index contributed by atoms with van der Waals surface area (Å²) in [5.74, 6) is 0. The van der Waals surface area contributed by atoms with Crippen LogP contribution in [0.5, 0.6) is 0 Å². The van der Waals surface area contributed by atoms with E-state index >= 15 is 0 Å². The predicted molar refractivity (Wildman–Crippen MR) is 74.6 cm³/mol. The van der Waals surface area contributed by atoms with Gasteiger partial charge in [-0.25, -0.2) is 0 Å². The molecule has 1 fully saturated rings. The first-order valence-electron chi connectivity index (χ1n) is 7.02. The molecule has 0 aromatic carbocycles. The molecule has 0 radical (unpaired) electrons. The molecular formula is C14H26N4. The van der Waals surface area contributed by atoms with Crippen LogP contribution in [0.3, 0.4) is 0 Å². The highest BCUT2D eigenvalue weighted by atomic mass is 15.3. The second-order valence-corrected chi connectivity index (χ2v) is 5.96. The molecule has 1 aromatic rings. The molecule has 1 saturated heterocycles. The molecule has 102 valence electrons. The molecule has 1 unspecified atom stereocenters. The first kappa shape index (κ1) is 13.6. The molecule has 0 saturated carbocycles. The van der Waals surface area contributed by atoms with E-state index in [1.54, 1.807) is 0 Å². The van der Waals surface area contributed by atoms with E-state index in [0.717, 1.165) is 32.6 Å². The van der Waals surface area contributed by atoms with E-state index in [1.165, 1.54) is 5.69 Å². The number of nitrogens with zero attached hydrogens (tertiary/aromatic N) is 3. The maximum Gasteiger partial charge on any atom is 0.0765 e. The Hall–Kier alpha value is -0.870. The van der Waals surface area contributed by atoms with E-state index in [4.69, 9.17) is 5.10 Å². The molecule has 1 N–H and O–H groups in total. The van der Waals surface area contributed by atoms with E-state index in [2.05, 4.69) is 54.9 Å². The number of hydrogen-bond donors (Lipinski definition) is 1. The third-order valence-electron chi connectivity index (χ3n) is 4.03. The van der Waals surface area contributed by atoms with Gasteiger partial charge in [0.1, 0.15) is 0 Å². The second kappa shape index (κ2) is 5.41. The molecule has 4 nitrogen and oxygen atoms in total. The van der Waals surface area contributed by atoms with Gasteiger partial charge in [0.15, 0.2) is 0 Å². The van der Waals surface area contributed by atoms with Gasteiger partial charge in [0.2, 0.25) is 0 Å². The third kappa shape index (κ3) is 2.93. The quantitative estimate of drug-likeness (QED) is 0.887. The molecule has 0 aliphatic carbocycles. The lowest BCUT2D eigenvalue weighted by atomic mass is 10.00. The van der Waals surface area contributed by atoms with Gasteiger partial charge in [-0.3, -0.25) is 9.58 Å². The van der Waals surface area contributed by atoms with Gasteiger partial charge in [-0.1, -0.05) is 6.92 Å². The van der Waals surface area contributed by atoms with Gasteiger partial charge >= 0.3 is 0 Å². The summed E-state index contributed by atoms with van der Waals surface area (Å²) < 4.78 is 2.09. The number of nitrogens with one attached hydrogen (secondary N) is 1. The van der Waals surface area contributed by atoms with Gasteiger partial charge < -0.3 is 5.32 Å². The number of aromatic nitrogens is 2. The molecule has 4 heteroatoms. The Kier molecular flexibility index (Phi) is 4.07. The van der Waals surface area contributed by atoms with E-state index in [0.29, 0.717) is 6.04 Å². The first-order valence-corrected chi connectivity index (χ1v) is 7.02. The van der Waals surface area contributed by atoms with Crippen LogP contribution in [0, 0.1) is 0 Å². The molecule has 0 spiro atoms.